The number of rotatable bonds is 3. The molecule has 2 aromatic heterocycles. The second-order valence-electron chi connectivity index (χ2n) is 8.90. The van der Waals surface area contributed by atoms with Crippen molar-refractivity contribution in [2.24, 2.45) is 7.05 Å². The lowest BCUT2D eigenvalue weighted by atomic mass is 9.91. The Morgan fingerprint density at radius 3 is 2.42 bits per heavy atom. The molecule has 0 saturated carbocycles. The molecule has 154 valence electrons. The van der Waals surface area contributed by atoms with Crippen molar-refractivity contribution < 1.29 is 4.57 Å². The van der Waals surface area contributed by atoms with E-state index >= 15 is 0 Å². The Balaban J connectivity index is 1.94. The van der Waals surface area contributed by atoms with Gasteiger partial charge in [0.15, 0.2) is 6.20 Å². The number of hydrogen-bond acceptors (Lipinski definition) is 2. The molecule has 3 nitrogen and oxygen atoms in total. The fourth-order valence-electron chi connectivity index (χ4n) is 4.48. The molecular weight excluding hydrogens is 394 g/mol. The van der Waals surface area contributed by atoms with Crippen LogP contribution in [0.1, 0.15) is 22.3 Å². The predicted molar refractivity (Wildman–Crippen MR) is 130 cm³/mol. The van der Waals surface area contributed by atoms with Gasteiger partial charge < -0.3 is 0 Å². The summed E-state index contributed by atoms with van der Waals surface area (Å²) in [5.41, 5.74) is 6.42. The predicted octanol–water partition coefficient (Wildman–Crippen LogP) is 4.35. The lowest BCUT2D eigenvalue weighted by Crippen LogP contribution is -2.54. The summed E-state index contributed by atoms with van der Waals surface area (Å²) in [6.45, 7) is 10.9. The first-order chi connectivity index (χ1) is 14.8. The van der Waals surface area contributed by atoms with Gasteiger partial charge in [0.2, 0.25) is 5.69 Å². The average Bonchev–Trinajstić information content (AvgIpc) is 2.77. The Hall–Kier alpha value is -3.29. The fourth-order valence-corrected chi connectivity index (χ4v) is 6.70. The lowest BCUT2D eigenvalue weighted by Gasteiger charge is -2.23. The molecule has 4 aromatic rings. The van der Waals surface area contributed by atoms with Crippen molar-refractivity contribution in [1.82, 2.24) is 4.98 Å². The maximum absolute atomic E-state index is 9.56. The van der Waals surface area contributed by atoms with E-state index in [1.54, 1.807) is 0 Å². The molecule has 2 heterocycles. The van der Waals surface area contributed by atoms with Crippen molar-refractivity contribution in [3.8, 4) is 17.3 Å². The van der Waals surface area contributed by atoms with Crippen molar-refractivity contribution in [3.05, 3.63) is 83.2 Å². The molecule has 4 heteroatoms. The summed E-state index contributed by atoms with van der Waals surface area (Å²) in [4.78, 5) is 4.66. The van der Waals surface area contributed by atoms with E-state index in [0.717, 1.165) is 22.3 Å². The molecule has 0 fully saturated rings. The summed E-state index contributed by atoms with van der Waals surface area (Å²) in [6.07, 6.45) is 4.03. The Morgan fingerprint density at radius 2 is 1.74 bits per heavy atom. The number of hydrogen-bond donors (Lipinski definition) is 0. The third-order valence-corrected chi connectivity index (χ3v) is 9.96. The fraction of sp³-hybridized carbons (Fsp3) is 0.222. The zero-order valence-electron chi connectivity index (χ0n) is 19.1. The number of aryl methyl sites for hydroxylation is 2. The minimum atomic E-state index is -1.88. The van der Waals surface area contributed by atoms with E-state index in [1.807, 2.05) is 19.2 Å². The van der Waals surface area contributed by atoms with Crippen LogP contribution in [0.2, 0.25) is 13.1 Å². The molecule has 0 N–H and O–H groups in total. The van der Waals surface area contributed by atoms with Gasteiger partial charge >= 0.3 is 0 Å². The molecule has 2 aromatic carbocycles. The molecule has 0 atom stereocenters. The SMILES string of the molecule is Cc1cc(-c2c3ccc([Si](C)(C)c4ccccn4)cc3cc[n+]2C)c(C)c(C)c1C#N. The highest BCUT2D eigenvalue weighted by Gasteiger charge is 2.28. The molecule has 0 spiro atoms. The van der Waals surface area contributed by atoms with E-state index < -0.39 is 8.07 Å². The van der Waals surface area contributed by atoms with Crippen LogP contribution in [0.3, 0.4) is 0 Å². The highest BCUT2D eigenvalue weighted by molar-refractivity contribution is 7.00. The zero-order chi connectivity index (χ0) is 22.3. The minimum Gasteiger partial charge on any atom is -0.266 e. The molecule has 0 bridgehead atoms. The van der Waals surface area contributed by atoms with Crippen LogP contribution < -0.4 is 15.1 Å². The monoisotopic (exact) mass is 422 g/mol. The highest BCUT2D eigenvalue weighted by atomic mass is 28.3. The first-order valence-electron chi connectivity index (χ1n) is 10.6. The van der Waals surface area contributed by atoms with Crippen LogP contribution in [-0.4, -0.2) is 13.1 Å². The van der Waals surface area contributed by atoms with Gasteiger partial charge in [-0.2, -0.15) is 5.26 Å². The van der Waals surface area contributed by atoms with Gasteiger partial charge in [0.05, 0.1) is 22.6 Å². The molecule has 0 saturated heterocycles. The molecule has 0 aliphatic rings. The van der Waals surface area contributed by atoms with Crippen LogP contribution in [0.5, 0.6) is 0 Å². The normalized spacial score (nSPS) is 11.5. The van der Waals surface area contributed by atoms with Crippen molar-refractivity contribution >= 4 is 29.4 Å². The zero-order valence-corrected chi connectivity index (χ0v) is 20.1. The molecule has 0 amide bonds. The van der Waals surface area contributed by atoms with E-state index in [0.29, 0.717) is 0 Å². The maximum Gasteiger partial charge on any atom is 0.220 e. The van der Waals surface area contributed by atoms with E-state index in [1.165, 1.54) is 32.5 Å². The van der Waals surface area contributed by atoms with Crippen molar-refractivity contribution in [2.75, 3.05) is 0 Å². The maximum atomic E-state index is 9.56. The summed E-state index contributed by atoms with van der Waals surface area (Å²) in [6, 6.07) is 19.8. The third kappa shape index (κ3) is 3.45. The molecule has 0 unspecified atom stereocenters. The molecule has 0 aliphatic carbocycles. The molecule has 0 aliphatic heterocycles. The number of pyridine rings is 2. The number of nitrogens with zero attached hydrogens (tertiary/aromatic N) is 3. The smallest absolute Gasteiger partial charge is 0.220 e. The summed E-state index contributed by atoms with van der Waals surface area (Å²) >= 11 is 0. The van der Waals surface area contributed by atoms with Gasteiger partial charge in [-0.05, 0) is 67.1 Å². The summed E-state index contributed by atoms with van der Waals surface area (Å²) in [7, 11) is 0.217. The van der Waals surface area contributed by atoms with Crippen LogP contribution in [0.25, 0.3) is 22.0 Å². The Bertz CT molecular complexity index is 1350. The molecule has 31 heavy (non-hydrogen) atoms. The largest absolute Gasteiger partial charge is 0.266 e. The van der Waals surface area contributed by atoms with Crippen LogP contribution in [-0.2, 0) is 7.05 Å². The quantitative estimate of drug-likeness (QED) is 0.364. The van der Waals surface area contributed by atoms with Crippen molar-refractivity contribution in [3.63, 3.8) is 0 Å². The highest BCUT2D eigenvalue weighted by Crippen LogP contribution is 2.32. The topological polar surface area (TPSA) is 40.6 Å². The van der Waals surface area contributed by atoms with Gasteiger partial charge in [0.25, 0.3) is 0 Å². The van der Waals surface area contributed by atoms with Gasteiger partial charge in [0, 0.05) is 17.6 Å². The van der Waals surface area contributed by atoms with E-state index in [9.17, 15) is 5.26 Å². The average molecular weight is 423 g/mol. The summed E-state index contributed by atoms with van der Waals surface area (Å²) in [5.74, 6) is 0. The third-order valence-electron chi connectivity index (χ3n) is 6.63. The first-order valence-corrected chi connectivity index (χ1v) is 13.6. The molecular formula is C27H28N3Si+. The summed E-state index contributed by atoms with van der Waals surface area (Å²) < 4.78 is 2.19. The Kier molecular flexibility index (Phi) is 5.24. The minimum absolute atomic E-state index is 0.787. The van der Waals surface area contributed by atoms with Crippen LogP contribution in [0.4, 0.5) is 0 Å². The number of nitriles is 1. The standard InChI is InChI=1S/C27H28N3Si/c1-18-15-24(19(2)20(3)25(18)17-28)27-23-11-10-22(16-21(23)12-14-30(27)4)31(5,6)26-9-7-8-13-29-26/h7-16H,1-6H3/q+1. The van der Waals surface area contributed by atoms with Gasteiger partial charge in [-0.1, -0.05) is 36.5 Å². The van der Waals surface area contributed by atoms with Gasteiger partial charge in [0.1, 0.15) is 15.1 Å². The second-order valence-corrected chi connectivity index (χ2v) is 13.2. The van der Waals surface area contributed by atoms with Gasteiger partial charge in [-0.25, -0.2) is 4.57 Å². The molecule has 4 rings (SSSR count). The number of aromatic nitrogens is 2. The first kappa shape index (κ1) is 21.0. The van der Waals surface area contributed by atoms with E-state index in [-0.39, 0.29) is 0 Å². The lowest BCUT2D eigenvalue weighted by molar-refractivity contribution is -0.659. The van der Waals surface area contributed by atoms with Crippen molar-refractivity contribution in [1.29, 1.82) is 5.26 Å². The number of fused-ring (bicyclic) bond motifs is 1. The van der Waals surface area contributed by atoms with E-state index in [2.05, 4.69) is 98.3 Å². The van der Waals surface area contributed by atoms with Crippen LogP contribution >= 0.6 is 0 Å². The van der Waals surface area contributed by atoms with E-state index in [4.69, 9.17) is 0 Å². The second kappa shape index (κ2) is 7.75. The Labute approximate surface area is 185 Å². The van der Waals surface area contributed by atoms with Crippen molar-refractivity contribution in [2.45, 2.75) is 33.9 Å². The number of benzene rings is 2. The summed E-state index contributed by atoms with van der Waals surface area (Å²) in [5, 5.41) is 14.6. The van der Waals surface area contributed by atoms with Crippen LogP contribution in [0.15, 0.2) is 60.9 Å². The van der Waals surface area contributed by atoms with Crippen LogP contribution in [0, 0.1) is 32.1 Å². The molecule has 0 radical (unpaired) electrons. The Morgan fingerprint density at radius 1 is 0.968 bits per heavy atom. The van der Waals surface area contributed by atoms with Gasteiger partial charge in [-0.3, -0.25) is 4.98 Å². The van der Waals surface area contributed by atoms with Gasteiger partial charge in [-0.15, -0.1) is 0 Å².